The van der Waals surface area contributed by atoms with Gasteiger partial charge in [0.2, 0.25) is 5.67 Å². The van der Waals surface area contributed by atoms with Gasteiger partial charge in [0, 0.05) is 19.6 Å². The number of carbonyl (C=O) groups excluding carboxylic acids is 3. The van der Waals surface area contributed by atoms with Gasteiger partial charge in [-0.3, -0.25) is 0 Å². The molecular formula is C19H31FN2O6. The van der Waals surface area contributed by atoms with E-state index in [1.54, 1.807) is 48.5 Å². The van der Waals surface area contributed by atoms with Crippen LogP contribution in [0.3, 0.4) is 0 Å². The molecule has 2 saturated heterocycles. The Balaban J connectivity index is 2.20. The molecule has 0 aromatic heterocycles. The number of halogens is 1. The summed E-state index contributed by atoms with van der Waals surface area (Å²) in [6, 6.07) is 0. The van der Waals surface area contributed by atoms with Crippen molar-refractivity contribution in [1.29, 1.82) is 0 Å². The molecule has 0 aliphatic carbocycles. The third-order valence-electron chi connectivity index (χ3n) is 4.63. The van der Waals surface area contributed by atoms with E-state index >= 15 is 4.39 Å². The second-order valence-electron chi connectivity index (χ2n) is 9.47. The molecule has 8 nitrogen and oxygen atoms in total. The van der Waals surface area contributed by atoms with Crippen LogP contribution in [0, 0.1) is 5.41 Å². The number of hydrogen-bond acceptors (Lipinski definition) is 6. The van der Waals surface area contributed by atoms with Gasteiger partial charge in [-0.2, -0.15) is 0 Å². The summed E-state index contributed by atoms with van der Waals surface area (Å²) in [4.78, 5) is 39.6. The lowest BCUT2D eigenvalue weighted by atomic mass is 9.69. The van der Waals surface area contributed by atoms with Crippen LogP contribution in [0.15, 0.2) is 0 Å². The van der Waals surface area contributed by atoms with E-state index in [1.807, 2.05) is 0 Å². The molecule has 9 heteroatoms. The summed E-state index contributed by atoms with van der Waals surface area (Å²) in [6.45, 7) is 11.3. The average Bonchev–Trinajstić information content (AvgIpc) is 2.77. The molecule has 160 valence electrons. The molecule has 2 fully saturated rings. The predicted molar refractivity (Wildman–Crippen MR) is 98.5 cm³/mol. The second-order valence-corrected chi connectivity index (χ2v) is 9.47. The van der Waals surface area contributed by atoms with Gasteiger partial charge in [-0.25, -0.2) is 18.8 Å². The minimum absolute atomic E-state index is 0.0167. The zero-order chi connectivity index (χ0) is 21.5. The van der Waals surface area contributed by atoms with Crippen molar-refractivity contribution in [2.45, 2.75) is 65.3 Å². The first-order valence-corrected chi connectivity index (χ1v) is 9.44. The summed E-state index contributed by atoms with van der Waals surface area (Å²) in [5.41, 5.74) is -5.10. The van der Waals surface area contributed by atoms with Gasteiger partial charge >= 0.3 is 18.2 Å². The average molecular weight is 402 g/mol. The summed E-state index contributed by atoms with van der Waals surface area (Å²) in [7, 11) is 0. The van der Waals surface area contributed by atoms with Crippen molar-refractivity contribution in [3.63, 3.8) is 0 Å². The minimum Gasteiger partial charge on any atom is -0.464 e. The molecule has 0 aromatic rings. The smallest absolute Gasteiger partial charge is 0.410 e. The molecule has 1 unspecified atom stereocenters. The van der Waals surface area contributed by atoms with Gasteiger partial charge in [0.1, 0.15) is 11.2 Å². The highest BCUT2D eigenvalue weighted by Crippen LogP contribution is 2.50. The van der Waals surface area contributed by atoms with Gasteiger partial charge in [0.25, 0.3) is 0 Å². The molecule has 1 atom stereocenters. The zero-order valence-corrected chi connectivity index (χ0v) is 17.8. The van der Waals surface area contributed by atoms with E-state index in [0.717, 1.165) is 0 Å². The lowest BCUT2D eigenvalue weighted by molar-refractivity contribution is -0.173. The third kappa shape index (κ3) is 4.33. The summed E-state index contributed by atoms with van der Waals surface area (Å²) < 4.78 is 31.5. The van der Waals surface area contributed by atoms with Gasteiger partial charge in [0.05, 0.1) is 18.6 Å². The number of rotatable bonds is 2. The maximum Gasteiger partial charge on any atom is 0.410 e. The van der Waals surface area contributed by atoms with Crippen molar-refractivity contribution in [3.8, 4) is 0 Å². The maximum atomic E-state index is 15.9. The van der Waals surface area contributed by atoms with E-state index in [9.17, 15) is 14.4 Å². The van der Waals surface area contributed by atoms with E-state index in [4.69, 9.17) is 14.2 Å². The van der Waals surface area contributed by atoms with Crippen LogP contribution in [0.2, 0.25) is 0 Å². The molecule has 2 heterocycles. The highest BCUT2D eigenvalue weighted by molar-refractivity contribution is 5.85. The highest BCUT2D eigenvalue weighted by Gasteiger charge is 2.71. The van der Waals surface area contributed by atoms with Crippen LogP contribution < -0.4 is 0 Å². The van der Waals surface area contributed by atoms with Crippen LogP contribution in [0.4, 0.5) is 14.0 Å². The quantitative estimate of drug-likeness (QED) is 0.522. The lowest BCUT2D eigenvalue weighted by Gasteiger charge is -2.51. The molecule has 28 heavy (non-hydrogen) atoms. The number of hydrogen-bond donors (Lipinski definition) is 0. The molecule has 2 aliphatic rings. The second kappa shape index (κ2) is 7.08. The molecule has 0 radical (unpaired) electrons. The molecule has 0 bridgehead atoms. The zero-order valence-electron chi connectivity index (χ0n) is 17.8. The van der Waals surface area contributed by atoms with Crippen molar-refractivity contribution in [1.82, 2.24) is 9.80 Å². The van der Waals surface area contributed by atoms with E-state index < -0.39 is 47.0 Å². The fourth-order valence-corrected chi connectivity index (χ4v) is 3.45. The van der Waals surface area contributed by atoms with Gasteiger partial charge in [-0.15, -0.1) is 0 Å². The highest BCUT2D eigenvalue weighted by atomic mass is 19.1. The molecule has 2 amide bonds. The van der Waals surface area contributed by atoms with Crippen molar-refractivity contribution in [2.24, 2.45) is 5.41 Å². The largest absolute Gasteiger partial charge is 0.464 e. The van der Waals surface area contributed by atoms with Crippen molar-refractivity contribution in [3.05, 3.63) is 0 Å². The van der Waals surface area contributed by atoms with Gasteiger partial charge in [0.15, 0.2) is 0 Å². The lowest BCUT2D eigenvalue weighted by Crippen LogP contribution is -2.69. The topological polar surface area (TPSA) is 85.4 Å². The van der Waals surface area contributed by atoms with Crippen LogP contribution >= 0.6 is 0 Å². The SMILES string of the molecule is CCOC(=O)C1(F)CN(C(=O)OC(C)(C)C)CC12CN(C(=O)OC(C)(C)C)C2. The Morgan fingerprint density at radius 3 is 1.61 bits per heavy atom. The van der Waals surface area contributed by atoms with Crippen LogP contribution in [-0.4, -0.2) is 77.6 Å². The first-order chi connectivity index (χ1) is 12.6. The Morgan fingerprint density at radius 2 is 1.25 bits per heavy atom. The fourth-order valence-electron chi connectivity index (χ4n) is 3.45. The number of carbonyl (C=O) groups is 3. The van der Waals surface area contributed by atoms with E-state index in [1.165, 1.54) is 9.80 Å². The Bertz CT molecular complexity index is 648. The Labute approximate surface area is 165 Å². The monoisotopic (exact) mass is 402 g/mol. The Kier molecular flexibility index (Phi) is 5.62. The normalized spacial score (nSPS) is 24.0. The van der Waals surface area contributed by atoms with Gasteiger partial charge in [-0.05, 0) is 48.5 Å². The summed E-state index contributed by atoms with van der Waals surface area (Å²) in [6.07, 6.45) is -1.29. The van der Waals surface area contributed by atoms with E-state index in [0.29, 0.717) is 0 Å². The number of ether oxygens (including phenoxy) is 3. The van der Waals surface area contributed by atoms with Crippen LogP contribution in [-0.2, 0) is 19.0 Å². The summed E-state index contributed by atoms with van der Waals surface area (Å²) >= 11 is 0. The molecule has 1 spiro atoms. The molecular weight excluding hydrogens is 371 g/mol. The van der Waals surface area contributed by atoms with E-state index in [2.05, 4.69) is 0 Å². The van der Waals surface area contributed by atoms with Crippen LogP contribution in [0.5, 0.6) is 0 Å². The summed E-state index contributed by atoms with van der Waals surface area (Å²) in [5, 5.41) is 0. The van der Waals surface area contributed by atoms with Crippen molar-refractivity contribution < 1.29 is 33.0 Å². The van der Waals surface area contributed by atoms with Crippen molar-refractivity contribution in [2.75, 3.05) is 32.8 Å². The molecule has 0 saturated carbocycles. The Morgan fingerprint density at radius 1 is 0.857 bits per heavy atom. The van der Waals surface area contributed by atoms with Gasteiger partial charge < -0.3 is 24.0 Å². The van der Waals surface area contributed by atoms with Crippen molar-refractivity contribution >= 4 is 18.2 Å². The first-order valence-electron chi connectivity index (χ1n) is 9.44. The van der Waals surface area contributed by atoms with Crippen LogP contribution in [0.25, 0.3) is 0 Å². The number of nitrogens with zero attached hydrogens (tertiary/aromatic N) is 2. The molecule has 2 rings (SSSR count). The number of esters is 1. The molecule has 2 aliphatic heterocycles. The Hall–Kier alpha value is -2.06. The maximum absolute atomic E-state index is 15.9. The van der Waals surface area contributed by atoms with Crippen LogP contribution in [0.1, 0.15) is 48.5 Å². The standard InChI is InChI=1S/C19H31FN2O6/c1-8-26-13(23)19(20)12-22(15(25)28-17(5,6)7)11-18(19)9-21(10-18)14(24)27-16(2,3)4/h8-12H2,1-7H3. The number of likely N-dealkylation sites (tertiary alicyclic amines) is 2. The van der Waals surface area contributed by atoms with E-state index in [-0.39, 0.29) is 26.2 Å². The molecule has 0 N–H and O–H groups in total. The summed E-state index contributed by atoms with van der Waals surface area (Å²) in [5.74, 6) is -1.02. The predicted octanol–water partition coefficient (Wildman–Crippen LogP) is 2.75. The third-order valence-corrected chi connectivity index (χ3v) is 4.63. The van der Waals surface area contributed by atoms with Gasteiger partial charge in [-0.1, -0.05) is 0 Å². The first kappa shape index (κ1) is 22.2. The fraction of sp³-hybridized carbons (Fsp3) is 0.842. The number of amides is 2. The number of alkyl halides is 1. The molecule has 0 aromatic carbocycles. The minimum atomic E-state index is -2.42.